The zero-order chi connectivity index (χ0) is 19.5. The maximum Gasteiger partial charge on any atom is 0.423 e. The quantitative estimate of drug-likeness (QED) is 0.467. The molecule has 0 spiro atoms. The van der Waals surface area contributed by atoms with Crippen LogP contribution in [0.5, 0.6) is 0 Å². The van der Waals surface area contributed by atoms with Gasteiger partial charge >= 0.3 is 12.4 Å². The van der Waals surface area contributed by atoms with Crippen LogP contribution in [0.25, 0.3) is 0 Å². The zero-order valence-electron chi connectivity index (χ0n) is 13.5. The molecule has 0 radical (unpaired) electrons. The molecule has 0 atom stereocenters. The van der Waals surface area contributed by atoms with Gasteiger partial charge in [-0.05, 0) is 44.0 Å². The van der Waals surface area contributed by atoms with E-state index < -0.39 is 35.1 Å². The van der Waals surface area contributed by atoms with E-state index >= 15 is 0 Å². The molecule has 1 aliphatic heterocycles. The number of likely N-dealkylation sites (tertiary alicyclic amines) is 1. The highest BCUT2D eigenvalue weighted by molar-refractivity contribution is 5.55. The molecular formula is C15H17F6N3O2. The number of alkyl halides is 6. The molecule has 0 saturated carbocycles. The van der Waals surface area contributed by atoms with E-state index in [2.05, 4.69) is 5.32 Å². The molecule has 5 nitrogen and oxygen atoms in total. The number of nitro groups is 1. The van der Waals surface area contributed by atoms with Gasteiger partial charge in [-0.1, -0.05) is 0 Å². The van der Waals surface area contributed by atoms with Gasteiger partial charge in [-0.25, -0.2) is 0 Å². The van der Waals surface area contributed by atoms with Gasteiger partial charge in [0.2, 0.25) is 0 Å². The SMILES string of the molecule is O=[N+]([O-])c1ccc(NCC2CCN(CC(F)(F)F)CC2)cc1C(F)(F)F. The van der Waals surface area contributed by atoms with E-state index in [0.29, 0.717) is 18.9 Å². The fraction of sp³-hybridized carbons (Fsp3) is 0.600. The number of benzene rings is 1. The number of halogens is 6. The fourth-order valence-corrected chi connectivity index (χ4v) is 2.90. The number of rotatable bonds is 5. The maximum absolute atomic E-state index is 12.9. The standard InChI is InChI=1S/C15H17F6N3O2/c16-14(17,18)9-23-5-3-10(4-6-23)8-22-11-1-2-13(24(25)26)12(7-11)15(19,20)21/h1-2,7,10,22H,3-6,8-9H2. The van der Waals surface area contributed by atoms with Crippen LogP contribution in [-0.4, -0.2) is 42.2 Å². The topological polar surface area (TPSA) is 58.4 Å². The van der Waals surface area contributed by atoms with Gasteiger partial charge in [0.1, 0.15) is 5.56 Å². The number of hydrogen-bond acceptors (Lipinski definition) is 4. The Kier molecular flexibility index (Phi) is 5.99. The molecule has 0 unspecified atom stereocenters. The lowest BCUT2D eigenvalue weighted by atomic mass is 9.96. The highest BCUT2D eigenvalue weighted by Gasteiger charge is 2.38. The molecule has 1 saturated heterocycles. The van der Waals surface area contributed by atoms with E-state index in [1.165, 1.54) is 11.0 Å². The number of hydrogen-bond donors (Lipinski definition) is 1. The van der Waals surface area contributed by atoms with Crippen LogP contribution in [0.15, 0.2) is 18.2 Å². The molecule has 0 aromatic heterocycles. The first-order valence-electron chi connectivity index (χ1n) is 7.84. The molecule has 0 aliphatic carbocycles. The van der Waals surface area contributed by atoms with Crippen molar-refractivity contribution in [1.29, 1.82) is 0 Å². The summed E-state index contributed by atoms with van der Waals surface area (Å²) in [4.78, 5) is 10.9. The van der Waals surface area contributed by atoms with Crippen molar-refractivity contribution < 1.29 is 31.3 Å². The summed E-state index contributed by atoms with van der Waals surface area (Å²) in [5.41, 5.74) is -2.28. The van der Waals surface area contributed by atoms with Crippen LogP contribution in [0.2, 0.25) is 0 Å². The van der Waals surface area contributed by atoms with Crippen LogP contribution >= 0.6 is 0 Å². The van der Waals surface area contributed by atoms with Crippen molar-refractivity contribution in [3.63, 3.8) is 0 Å². The third-order valence-electron chi connectivity index (χ3n) is 4.20. The Balaban J connectivity index is 1.93. The van der Waals surface area contributed by atoms with E-state index in [-0.39, 0.29) is 31.2 Å². The highest BCUT2D eigenvalue weighted by atomic mass is 19.4. The van der Waals surface area contributed by atoms with Gasteiger partial charge in [-0.15, -0.1) is 0 Å². The van der Waals surface area contributed by atoms with Gasteiger partial charge in [0.15, 0.2) is 0 Å². The van der Waals surface area contributed by atoms with Gasteiger partial charge in [0.05, 0.1) is 11.5 Å². The molecule has 146 valence electrons. The summed E-state index contributed by atoms with van der Waals surface area (Å²) in [7, 11) is 0. The van der Waals surface area contributed by atoms with Crippen LogP contribution in [0.3, 0.4) is 0 Å². The maximum atomic E-state index is 12.9. The number of piperidine rings is 1. The Labute approximate surface area is 145 Å². The van der Waals surface area contributed by atoms with Gasteiger partial charge in [-0.3, -0.25) is 15.0 Å². The van der Waals surface area contributed by atoms with Crippen molar-refractivity contribution in [2.45, 2.75) is 25.2 Å². The molecule has 1 aromatic rings. The lowest BCUT2D eigenvalue weighted by molar-refractivity contribution is -0.388. The van der Waals surface area contributed by atoms with E-state index in [1.807, 2.05) is 0 Å². The van der Waals surface area contributed by atoms with Gasteiger partial charge < -0.3 is 5.32 Å². The summed E-state index contributed by atoms with van der Waals surface area (Å²) in [5, 5.41) is 13.5. The second kappa shape index (κ2) is 7.68. The van der Waals surface area contributed by atoms with E-state index in [9.17, 15) is 36.5 Å². The minimum absolute atomic E-state index is 0.0176. The molecular weight excluding hydrogens is 368 g/mol. The van der Waals surface area contributed by atoms with Gasteiger partial charge in [0.25, 0.3) is 5.69 Å². The Morgan fingerprint density at radius 1 is 1.15 bits per heavy atom. The minimum Gasteiger partial charge on any atom is -0.385 e. The number of nitrogens with one attached hydrogen (secondary N) is 1. The first-order valence-corrected chi connectivity index (χ1v) is 7.84. The molecule has 0 amide bonds. The van der Waals surface area contributed by atoms with Crippen molar-refractivity contribution in [3.05, 3.63) is 33.9 Å². The van der Waals surface area contributed by atoms with Crippen LogP contribution in [0, 0.1) is 16.0 Å². The molecule has 1 aliphatic rings. The average Bonchev–Trinajstić information content (AvgIpc) is 2.51. The largest absolute Gasteiger partial charge is 0.423 e. The van der Waals surface area contributed by atoms with Crippen molar-refractivity contribution >= 4 is 11.4 Å². The normalized spacial score (nSPS) is 17.3. The second-order valence-corrected chi connectivity index (χ2v) is 6.20. The first kappa shape index (κ1) is 20.3. The van der Waals surface area contributed by atoms with Crippen molar-refractivity contribution in [2.75, 3.05) is 31.5 Å². The Hall–Kier alpha value is -2.04. The third-order valence-corrected chi connectivity index (χ3v) is 4.20. The average molecular weight is 385 g/mol. The predicted molar refractivity (Wildman–Crippen MR) is 81.8 cm³/mol. The Morgan fingerprint density at radius 3 is 2.27 bits per heavy atom. The molecule has 2 rings (SSSR count). The van der Waals surface area contributed by atoms with E-state index in [4.69, 9.17) is 0 Å². The van der Waals surface area contributed by atoms with E-state index in [1.54, 1.807) is 0 Å². The molecule has 1 fully saturated rings. The monoisotopic (exact) mass is 385 g/mol. The summed E-state index contributed by atoms with van der Waals surface area (Å²) in [6.07, 6.45) is -8.13. The third kappa shape index (κ3) is 5.75. The molecule has 26 heavy (non-hydrogen) atoms. The molecule has 11 heteroatoms. The molecule has 1 aromatic carbocycles. The first-order chi connectivity index (χ1) is 12.0. The summed E-state index contributed by atoms with van der Waals surface area (Å²) in [5.74, 6) is 0.0176. The Morgan fingerprint density at radius 2 is 1.77 bits per heavy atom. The Bertz CT molecular complexity index is 639. The van der Waals surface area contributed by atoms with E-state index in [0.717, 1.165) is 6.07 Å². The smallest absolute Gasteiger partial charge is 0.385 e. The van der Waals surface area contributed by atoms with Crippen LogP contribution in [0.1, 0.15) is 18.4 Å². The van der Waals surface area contributed by atoms with Crippen molar-refractivity contribution in [1.82, 2.24) is 4.90 Å². The molecule has 0 bridgehead atoms. The fourth-order valence-electron chi connectivity index (χ4n) is 2.90. The predicted octanol–water partition coefficient (Wildman–Crippen LogP) is 4.30. The zero-order valence-corrected chi connectivity index (χ0v) is 13.5. The second-order valence-electron chi connectivity index (χ2n) is 6.20. The molecule has 1 N–H and O–H groups in total. The highest BCUT2D eigenvalue weighted by Crippen LogP contribution is 2.37. The van der Waals surface area contributed by atoms with Crippen molar-refractivity contribution in [2.24, 2.45) is 5.92 Å². The summed E-state index contributed by atoms with van der Waals surface area (Å²) < 4.78 is 75.8. The summed E-state index contributed by atoms with van der Waals surface area (Å²) in [6.45, 7) is -0.154. The van der Waals surface area contributed by atoms with Crippen LogP contribution < -0.4 is 5.32 Å². The number of nitro benzene ring substituents is 1. The summed E-state index contributed by atoms with van der Waals surface area (Å²) in [6, 6.07) is 2.65. The van der Waals surface area contributed by atoms with Crippen LogP contribution in [0.4, 0.5) is 37.7 Å². The number of anilines is 1. The lowest BCUT2D eigenvalue weighted by Gasteiger charge is -2.32. The van der Waals surface area contributed by atoms with Gasteiger partial charge in [0, 0.05) is 18.3 Å². The number of nitrogens with zero attached hydrogens (tertiary/aromatic N) is 2. The van der Waals surface area contributed by atoms with Crippen LogP contribution in [-0.2, 0) is 6.18 Å². The van der Waals surface area contributed by atoms with Gasteiger partial charge in [-0.2, -0.15) is 26.3 Å². The lowest BCUT2D eigenvalue weighted by Crippen LogP contribution is -2.41. The summed E-state index contributed by atoms with van der Waals surface area (Å²) >= 11 is 0. The minimum atomic E-state index is -4.86. The van der Waals surface area contributed by atoms with Crippen molar-refractivity contribution in [3.8, 4) is 0 Å². The molecule has 1 heterocycles.